The fourth-order valence-corrected chi connectivity index (χ4v) is 3.55. The van der Waals surface area contributed by atoms with Gasteiger partial charge in [0.15, 0.2) is 0 Å². The average molecular weight is 302 g/mol. The van der Waals surface area contributed by atoms with E-state index in [1.165, 1.54) is 0 Å². The molecule has 0 radical (unpaired) electrons. The second-order valence-electron chi connectivity index (χ2n) is 6.26. The molecule has 1 saturated carbocycles. The van der Waals surface area contributed by atoms with Crippen molar-refractivity contribution in [2.75, 3.05) is 18.0 Å². The number of hydrogen-bond acceptors (Lipinski definition) is 3. The number of rotatable bonds is 4. The maximum atomic E-state index is 12.7. The molecule has 5 heteroatoms. The summed E-state index contributed by atoms with van der Waals surface area (Å²) in [6, 6.07) is 7.49. The van der Waals surface area contributed by atoms with Gasteiger partial charge in [-0.25, -0.2) is 4.79 Å². The molecule has 1 aromatic rings. The van der Waals surface area contributed by atoms with Crippen molar-refractivity contribution in [1.29, 1.82) is 0 Å². The van der Waals surface area contributed by atoms with Crippen molar-refractivity contribution in [1.82, 2.24) is 5.32 Å². The molecule has 0 aromatic heterocycles. The second-order valence-corrected chi connectivity index (χ2v) is 6.26. The van der Waals surface area contributed by atoms with Crippen LogP contribution in [0, 0.1) is 0 Å². The lowest BCUT2D eigenvalue weighted by atomic mass is 9.97. The molecule has 1 aliphatic heterocycles. The first-order valence-corrected chi connectivity index (χ1v) is 8.02. The van der Waals surface area contributed by atoms with Gasteiger partial charge in [-0.15, -0.1) is 0 Å². The summed E-state index contributed by atoms with van der Waals surface area (Å²) in [6.07, 6.45) is 4.99. The molecule has 2 fully saturated rings. The predicted octanol–water partition coefficient (Wildman–Crippen LogP) is 2.41. The Morgan fingerprint density at radius 2 is 1.68 bits per heavy atom. The van der Waals surface area contributed by atoms with Crippen molar-refractivity contribution in [2.24, 2.45) is 0 Å². The zero-order valence-corrected chi connectivity index (χ0v) is 12.7. The van der Waals surface area contributed by atoms with Crippen molar-refractivity contribution >= 4 is 17.6 Å². The van der Waals surface area contributed by atoms with Crippen molar-refractivity contribution in [3.8, 4) is 0 Å². The summed E-state index contributed by atoms with van der Waals surface area (Å²) in [5, 5.41) is 12.3. The molecule has 0 bridgehead atoms. The van der Waals surface area contributed by atoms with E-state index >= 15 is 0 Å². The summed E-state index contributed by atoms with van der Waals surface area (Å²) in [5.74, 6) is -1.19. The summed E-state index contributed by atoms with van der Waals surface area (Å²) in [7, 11) is 0. The van der Waals surface area contributed by atoms with Crippen LogP contribution in [0.15, 0.2) is 24.3 Å². The van der Waals surface area contributed by atoms with E-state index in [-0.39, 0.29) is 5.91 Å². The quantitative estimate of drug-likeness (QED) is 0.896. The first-order chi connectivity index (χ1) is 10.6. The van der Waals surface area contributed by atoms with E-state index < -0.39 is 11.5 Å². The molecule has 1 saturated heterocycles. The molecule has 118 valence electrons. The van der Waals surface area contributed by atoms with E-state index in [1.807, 2.05) is 18.2 Å². The summed E-state index contributed by atoms with van der Waals surface area (Å²) in [5.41, 5.74) is 0.405. The summed E-state index contributed by atoms with van der Waals surface area (Å²) >= 11 is 0. The highest BCUT2D eigenvalue weighted by Gasteiger charge is 2.43. The number of amides is 1. The minimum absolute atomic E-state index is 0.271. The molecule has 5 nitrogen and oxygen atoms in total. The van der Waals surface area contributed by atoms with Gasteiger partial charge in [0, 0.05) is 18.8 Å². The number of nitrogens with zero attached hydrogens (tertiary/aromatic N) is 1. The molecule has 1 aliphatic carbocycles. The fraction of sp³-hybridized carbons (Fsp3) is 0.529. The zero-order valence-electron chi connectivity index (χ0n) is 12.7. The van der Waals surface area contributed by atoms with Crippen LogP contribution in [0.3, 0.4) is 0 Å². The van der Waals surface area contributed by atoms with Crippen LogP contribution in [0.2, 0.25) is 0 Å². The molecular formula is C17H22N2O3. The number of carboxylic acid groups (broad SMARTS) is 1. The van der Waals surface area contributed by atoms with Crippen LogP contribution in [-0.2, 0) is 4.79 Å². The van der Waals surface area contributed by atoms with Gasteiger partial charge in [0.2, 0.25) is 0 Å². The van der Waals surface area contributed by atoms with Gasteiger partial charge in [-0.05, 0) is 37.8 Å². The van der Waals surface area contributed by atoms with E-state index in [2.05, 4.69) is 10.2 Å². The maximum absolute atomic E-state index is 12.7. The Morgan fingerprint density at radius 1 is 1.05 bits per heavy atom. The first-order valence-electron chi connectivity index (χ1n) is 8.02. The molecule has 0 unspecified atom stereocenters. The lowest BCUT2D eigenvalue weighted by Gasteiger charge is -2.27. The van der Waals surface area contributed by atoms with Gasteiger partial charge in [0.25, 0.3) is 5.91 Å². The minimum Gasteiger partial charge on any atom is -0.480 e. The summed E-state index contributed by atoms with van der Waals surface area (Å²) in [4.78, 5) is 26.5. The molecule has 22 heavy (non-hydrogen) atoms. The van der Waals surface area contributed by atoms with Crippen molar-refractivity contribution in [3.63, 3.8) is 0 Å². The molecule has 0 spiro atoms. The van der Waals surface area contributed by atoms with Crippen LogP contribution in [0.4, 0.5) is 5.69 Å². The number of aliphatic carboxylic acids is 1. The number of para-hydroxylation sites is 1. The molecule has 0 atom stereocenters. The number of carbonyl (C=O) groups is 2. The third-order valence-corrected chi connectivity index (χ3v) is 4.81. The normalized spacial score (nSPS) is 20.1. The third-order valence-electron chi connectivity index (χ3n) is 4.81. The van der Waals surface area contributed by atoms with Crippen molar-refractivity contribution < 1.29 is 14.7 Å². The number of anilines is 1. The van der Waals surface area contributed by atoms with Crippen LogP contribution in [-0.4, -0.2) is 35.6 Å². The highest BCUT2D eigenvalue weighted by Crippen LogP contribution is 2.31. The molecule has 2 N–H and O–H groups in total. The van der Waals surface area contributed by atoms with E-state index in [0.29, 0.717) is 18.4 Å². The zero-order chi connectivity index (χ0) is 15.6. The average Bonchev–Trinajstić information content (AvgIpc) is 3.19. The molecule has 3 rings (SSSR count). The third kappa shape index (κ3) is 2.67. The van der Waals surface area contributed by atoms with Gasteiger partial charge in [0.1, 0.15) is 5.54 Å². The van der Waals surface area contributed by atoms with E-state index in [1.54, 1.807) is 6.07 Å². The number of nitrogens with one attached hydrogen (secondary N) is 1. The lowest BCUT2D eigenvalue weighted by molar-refractivity contribution is -0.144. The van der Waals surface area contributed by atoms with E-state index in [4.69, 9.17) is 0 Å². The SMILES string of the molecule is O=C(NC1(C(=O)O)CCCC1)c1ccccc1N1CCCC1. The van der Waals surface area contributed by atoms with Gasteiger partial charge in [0.05, 0.1) is 5.56 Å². The van der Waals surface area contributed by atoms with Gasteiger partial charge in [-0.3, -0.25) is 4.79 Å². The maximum Gasteiger partial charge on any atom is 0.329 e. The first kappa shape index (κ1) is 14.9. The van der Waals surface area contributed by atoms with Gasteiger partial charge in [-0.2, -0.15) is 0 Å². The van der Waals surface area contributed by atoms with Crippen molar-refractivity contribution in [2.45, 2.75) is 44.1 Å². The number of hydrogen-bond donors (Lipinski definition) is 2. The predicted molar refractivity (Wildman–Crippen MR) is 84.2 cm³/mol. The second kappa shape index (κ2) is 5.99. The summed E-state index contributed by atoms with van der Waals surface area (Å²) in [6.45, 7) is 1.91. The Hall–Kier alpha value is -2.04. The Bertz CT molecular complexity index is 573. The van der Waals surface area contributed by atoms with Crippen LogP contribution in [0.1, 0.15) is 48.9 Å². The van der Waals surface area contributed by atoms with E-state index in [0.717, 1.165) is 44.5 Å². The highest BCUT2D eigenvalue weighted by atomic mass is 16.4. The van der Waals surface area contributed by atoms with Gasteiger partial charge in [-0.1, -0.05) is 25.0 Å². The largest absolute Gasteiger partial charge is 0.480 e. The van der Waals surface area contributed by atoms with E-state index in [9.17, 15) is 14.7 Å². The van der Waals surface area contributed by atoms with Crippen molar-refractivity contribution in [3.05, 3.63) is 29.8 Å². The topological polar surface area (TPSA) is 69.6 Å². The van der Waals surface area contributed by atoms with Gasteiger partial charge >= 0.3 is 5.97 Å². The molecular weight excluding hydrogens is 280 g/mol. The summed E-state index contributed by atoms with van der Waals surface area (Å²) < 4.78 is 0. The highest BCUT2D eigenvalue weighted by molar-refractivity contribution is 6.02. The Morgan fingerprint density at radius 3 is 2.32 bits per heavy atom. The Balaban J connectivity index is 1.84. The van der Waals surface area contributed by atoms with Crippen LogP contribution in [0.25, 0.3) is 0 Å². The fourth-order valence-electron chi connectivity index (χ4n) is 3.55. The molecule has 1 amide bonds. The minimum atomic E-state index is -1.09. The van der Waals surface area contributed by atoms with Crippen LogP contribution < -0.4 is 10.2 Å². The molecule has 1 aromatic carbocycles. The lowest BCUT2D eigenvalue weighted by Crippen LogP contribution is -2.52. The van der Waals surface area contributed by atoms with Crippen LogP contribution in [0.5, 0.6) is 0 Å². The standard InChI is InChI=1S/C17H22N2O3/c20-15(18-17(16(21)22)9-3-4-10-17)13-7-1-2-8-14(13)19-11-5-6-12-19/h1-2,7-8H,3-6,9-12H2,(H,18,20)(H,21,22). The number of carbonyl (C=O) groups excluding carboxylic acids is 1. The Kier molecular flexibility index (Phi) is 4.05. The number of benzene rings is 1. The Labute approximate surface area is 130 Å². The van der Waals surface area contributed by atoms with Gasteiger partial charge < -0.3 is 15.3 Å². The van der Waals surface area contributed by atoms with Crippen LogP contribution >= 0.6 is 0 Å². The smallest absolute Gasteiger partial charge is 0.329 e. The monoisotopic (exact) mass is 302 g/mol. The molecule has 1 heterocycles. The molecule has 2 aliphatic rings. The number of carboxylic acids is 1.